The topological polar surface area (TPSA) is 82.6 Å². The molecule has 2 N–H and O–H groups in total. The zero-order valence-corrected chi connectivity index (χ0v) is 20.6. The Morgan fingerprint density at radius 2 is 1.68 bits per heavy atom. The van der Waals surface area contributed by atoms with E-state index in [1.165, 1.54) is 5.56 Å². The first-order valence-corrected chi connectivity index (χ1v) is 11.6. The van der Waals surface area contributed by atoms with Gasteiger partial charge in [-0.15, -0.1) is 0 Å². The number of benzene rings is 2. The van der Waals surface area contributed by atoms with Crippen LogP contribution in [0.1, 0.15) is 45.9 Å². The predicted molar refractivity (Wildman–Crippen MR) is 143 cm³/mol. The number of nitrogens with one attached hydrogen (secondary N) is 2. The summed E-state index contributed by atoms with van der Waals surface area (Å²) >= 11 is 0. The van der Waals surface area contributed by atoms with Gasteiger partial charge in [0.2, 0.25) is 0 Å². The molecule has 3 heterocycles. The van der Waals surface area contributed by atoms with E-state index < -0.39 is 0 Å². The number of hydrogen-bond donors (Lipinski definition) is 2. The standard InChI is InChI=1S/C26H24N6.C2H6/c1-15(2)27-14-17(4)20-11-12-22-24(28-20)25(32-31-22)26-29-21-10-6-9-19(23(21)30-26)18-8-5-7-16(3)13-18;1-2/h5-14H,1-4H3,(H,29,30)(H,31,32);1-2H3/b17-14+;. The second kappa shape index (κ2) is 9.83. The number of H-pyrrole nitrogens is 2. The molecule has 0 aliphatic carbocycles. The van der Waals surface area contributed by atoms with Gasteiger partial charge >= 0.3 is 0 Å². The average molecular weight is 451 g/mol. The summed E-state index contributed by atoms with van der Waals surface area (Å²) in [4.78, 5) is 17.6. The number of fused-ring (bicyclic) bond motifs is 2. The van der Waals surface area contributed by atoms with Crippen LogP contribution in [0.25, 0.3) is 50.3 Å². The summed E-state index contributed by atoms with van der Waals surface area (Å²) in [5.41, 5.74) is 10.6. The molecular formula is C28H30N6. The summed E-state index contributed by atoms with van der Waals surface area (Å²) in [5.74, 6) is 0.694. The number of hydrogen-bond acceptors (Lipinski definition) is 4. The SMILES string of the molecule is CC.CC(C)=N/C=C(\C)c1ccc2[nH]nc(-c3nc4c(-c5cccc(C)c5)cccc4[nH]3)c2n1. The molecule has 0 fully saturated rings. The molecule has 0 aliphatic heterocycles. The van der Waals surface area contributed by atoms with Crippen LogP contribution in [0.3, 0.4) is 0 Å². The largest absolute Gasteiger partial charge is 0.336 e. The van der Waals surface area contributed by atoms with E-state index in [4.69, 9.17) is 9.97 Å². The lowest BCUT2D eigenvalue weighted by Gasteiger charge is -2.03. The highest BCUT2D eigenvalue weighted by molar-refractivity contribution is 5.96. The summed E-state index contributed by atoms with van der Waals surface area (Å²) in [7, 11) is 0. The summed E-state index contributed by atoms with van der Waals surface area (Å²) in [6.45, 7) is 12.1. The molecule has 172 valence electrons. The fraction of sp³-hybridized carbons (Fsp3) is 0.214. The van der Waals surface area contributed by atoms with Crippen molar-refractivity contribution in [1.29, 1.82) is 0 Å². The smallest absolute Gasteiger partial charge is 0.161 e. The van der Waals surface area contributed by atoms with E-state index in [2.05, 4.69) is 57.4 Å². The maximum Gasteiger partial charge on any atom is 0.161 e. The Morgan fingerprint density at radius 1 is 0.882 bits per heavy atom. The lowest BCUT2D eigenvalue weighted by atomic mass is 10.0. The molecule has 3 aromatic heterocycles. The summed E-state index contributed by atoms with van der Waals surface area (Å²) < 4.78 is 0. The van der Waals surface area contributed by atoms with Crippen molar-refractivity contribution in [2.45, 2.75) is 41.5 Å². The van der Waals surface area contributed by atoms with Crippen molar-refractivity contribution in [3.05, 3.63) is 72.1 Å². The van der Waals surface area contributed by atoms with Gasteiger partial charge in [0.25, 0.3) is 0 Å². The fourth-order valence-corrected chi connectivity index (χ4v) is 3.77. The highest BCUT2D eigenvalue weighted by atomic mass is 15.1. The number of nitrogens with zero attached hydrogens (tertiary/aromatic N) is 4. The molecule has 2 aromatic carbocycles. The summed E-state index contributed by atoms with van der Waals surface area (Å²) in [5, 5.41) is 7.61. The number of allylic oxidation sites excluding steroid dienone is 1. The molecule has 0 saturated carbocycles. The quantitative estimate of drug-likeness (QED) is 0.281. The van der Waals surface area contributed by atoms with E-state index in [0.717, 1.165) is 50.2 Å². The van der Waals surface area contributed by atoms with Gasteiger partial charge in [0, 0.05) is 17.5 Å². The zero-order valence-electron chi connectivity index (χ0n) is 20.6. The van der Waals surface area contributed by atoms with Crippen molar-refractivity contribution in [2.24, 2.45) is 4.99 Å². The Morgan fingerprint density at radius 3 is 2.44 bits per heavy atom. The number of aromatic nitrogens is 5. The van der Waals surface area contributed by atoms with Crippen LogP contribution < -0.4 is 0 Å². The van der Waals surface area contributed by atoms with E-state index in [0.29, 0.717) is 11.5 Å². The van der Waals surface area contributed by atoms with Crippen LogP contribution in [-0.2, 0) is 0 Å². The second-order valence-electron chi connectivity index (χ2n) is 8.21. The minimum Gasteiger partial charge on any atom is -0.336 e. The number of aryl methyl sites for hydroxylation is 1. The van der Waals surface area contributed by atoms with Gasteiger partial charge in [-0.05, 0) is 57.0 Å². The molecule has 0 spiro atoms. The molecule has 0 radical (unpaired) electrons. The molecule has 34 heavy (non-hydrogen) atoms. The first-order chi connectivity index (χ1) is 16.5. The molecule has 0 aliphatic rings. The molecule has 0 saturated heterocycles. The lowest BCUT2D eigenvalue weighted by Crippen LogP contribution is -1.89. The van der Waals surface area contributed by atoms with Gasteiger partial charge in [0.05, 0.1) is 22.2 Å². The molecule has 5 rings (SSSR count). The average Bonchev–Trinajstić information content (AvgIpc) is 3.47. The zero-order chi connectivity index (χ0) is 24.2. The van der Waals surface area contributed by atoms with Gasteiger partial charge in [0.15, 0.2) is 11.5 Å². The first kappa shape index (κ1) is 23.1. The number of aliphatic imine (C=N–C) groups is 1. The van der Waals surface area contributed by atoms with E-state index in [-0.39, 0.29) is 0 Å². The van der Waals surface area contributed by atoms with Gasteiger partial charge in [-0.25, -0.2) is 9.97 Å². The van der Waals surface area contributed by atoms with Crippen LogP contribution in [0.4, 0.5) is 0 Å². The molecule has 6 heteroatoms. The predicted octanol–water partition coefficient (Wildman–Crippen LogP) is 7.34. The molecule has 0 unspecified atom stereocenters. The normalized spacial score (nSPS) is 11.4. The van der Waals surface area contributed by atoms with Crippen LogP contribution in [0, 0.1) is 6.92 Å². The van der Waals surface area contributed by atoms with Crippen molar-refractivity contribution in [3.8, 4) is 22.6 Å². The third-order valence-corrected chi connectivity index (χ3v) is 5.39. The van der Waals surface area contributed by atoms with Gasteiger partial charge in [-0.3, -0.25) is 10.1 Å². The van der Waals surface area contributed by atoms with Crippen LogP contribution in [-0.4, -0.2) is 30.9 Å². The number of para-hydroxylation sites is 1. The van der Waals surface area contributed by atoms with Crippen LogP contribution in [0.2, 0.25) is 0 Å². The van der Waals surface area contributed by atoms with E-state index in [1.54, 1.807) is 0 Å². The monoisotopic (exact) mass is 450 g/mol. The maximum atomic E-state index is 4.93. The van der Waals surface area contributed by atoms with Crippen molar-refractivity contribution in [3.63, 3.8) is 0 Å². The van der Waals surface area contributed by atoms with Crippen LogP contribution in [0.15, 0.2) is 65.8 Å². The minimum atomic E-state index is 0.694. The summed E-state index contributed by atoms with van der Waals surface area (Å²) in [6, 6.07) is 18.6. The van der Waals surface area contributed by atoms with Crippen molar-refractivity contribution in [1.82, 2.24) is 25.1 Å². The molecule has 0 atom stereocenters. The molecule has 6 nitrogen and oxygen atoms in total. The highest BCUT2D eigenvalue weighted by Gasteiger charge is 2.16. The Balaban J connectivity index is 0.00000133. The third kappa shape index (κ3) is 4.53. The van der Waals surface area contributed by atoms with Gasteiger partial charge in [-0.1, -0.05) is 55.8 Å². The minimum absolute atomic E-state index is 0.694. The molecule has 0 amide bonds. The van der Waals surface area contributed by atoms with Gasteiger partial charge < -0.3 is 4.98 Å². The molecule has 5 aromatic rings. The van der Waals surface area contributed by atoms with Gasteiger partial charge in [0.1, 0.15) is 5.52 Å². The fourth-order valence-electron chi connectivity index (χ4n) is 3.77. The maximum absolute atomic E-state index is 4.93. The Kier molecular flexibility index (Phi) is 6.68. The van der Waals surface area contributed by atoms with Crippen LogP contribution in [0.5, 0.6) is 0 Å². The number of pyridine rings is 1. The number of aromatic amines is 2. The second-order valence-corrected chi connectivity index (χ2v) is 8.21. The number of imidazole rings is 1. The Hall–Kier alpha value is -4.06. The van der Waals surface area contributed by atoms with Crippen molar-refractivity contribution >= 4 is 33.4 Å². The van der Waals surface area contributed by atoms with Crippen molar-refractivity contribution < 1.29 is 0 Å². The molecular weight excluding hydrogens is 420 g/mol. The van der Waals surface area contributed by atoms with Crippen LogP contribution >= 0.6 is 0 Å². The Labute approximate surface area is 199 Å². The van der Waals surface area contributed by atoms with E-state index in [9.17, 15) is 0 Å². The summed E-state index contributed by atoms with van der Waals surface area (Å²) in [6.07, 6.45) is 1.85. The highest BCUT2D eigenvalue weighted by Crippen LogP contribution is 2.31. The van der Waals surface area contributed by atoms with Crippen molar-refractivity contribution in [2.75, 3.05) is 0 Å². The van der Waals surface area contributed by atoms with E-state index >= 15 is 0 Å². The first-order valence-electron chi connectivity index (χ1n) is 11.6. The number of rotatable bonds is 4. The molecule has 0 bridgehead atoms. The van der Waals surface area contributed by atoms with Gasteiger partial charge in [-0.2, -0.15) is 5.10 Å². The van der Waals surface area contributed by atoms with E-state index in [1.807, 2.05) is 65.1 Å². The third-order valence-electron chi connectivity index (χ3n) is 5.39. The lowest BCUT2D eigenvalue weighted by molar-refractivity contribution is 1.10. The Bertz CT molecular complexity index is 1510.